The largest absolute Gasteiger partial charge is 0.381 e. The van der Waals surface area contributed by atoms with Crippen LogP contribution in [0.1, 0.15) is 44.1 Å². The van der Waals surface area contributed by atoms with Gasteiger partial charge in [-0.3, -0.25) is 9.36 Å². The summed E-state index contributed by atoms with van der Waals surface area (Å²) in [7, 11) is 1.91. The molecule has 0 radical (unpaired) electrons. The van der Waals surface area contributed by atoms with Crippen molar-refractivity contribution in [2.45, 2.75) is 45.2 Å². The first-order valence-electron chi connectivity index (χ1n) is 10.8. The van der Waals surface area contributed by atoms with Gasteiger partial charge in [0.15, 0.2) is 5.82 Å². The lowest BCUT2D eigenvalue weighted by atomic mass is 10.1. The first kappa shape index (κ1) is 19.7. The number of aryl methyl sites for hydroxylation is 1. The highest BCUT2D eigenvalue weighted by atomic mass is 16.5. The van der Waals surface area contributed by atoms with Gasteiger partial charge in [-0.25, -0.2) is 9.97 Å². The van der Waals surface area contributed by atoms with Crippen molar-refractivity contribution in [2.75, 3.05) is 18.5 Å². The Hall–Kier alpha value is -3.20. The van der Waals surface area contributed by atoms with Crippen molar-refractivity contribution >= 4 is 16.9 Å². The molecule has 1 aliphatic rings. The Morgan fingerprint density at radius 2 is 1.97 bits per heavy atom. The van der Waals surface area contributed by atoms with E-state index in [0.717, 1.165) is 60.0 Å². The van der Waals surface area contributed by atoms with Crippen molar-refractivity contribution < 1.29 is 4.74 Å². The standard InChI is InChI=1S/C22H28N8O/c1-15(2)25-22-21-19(4-7-29(21)18-12-23-28(3)14-18)26-20(27-22)10-16-11-24-30(13-16)17-5-8-31-9-6-17/h4,7,11-15,17H,5-6,8-10H2,1-3H3,(H,25,26,27). The molecule has 1 aliphatic heterocycles. The Bertz CT molecular complexity index is 1180. The van der Waals surface area contributed by atoms with E-state index in [1.165, 1.54) is 0 Å². The first-order valence-corrected chi connectivity index (χ1v) is 10.8. The van der Waals surface area contributed by atoms with Gasteiger partial charge in [-0.1, -0.05) is 0 Å². The van der Waals surface area contributed by atoms with E-state index in [1.807, 2.05) is 37.9 Å². The fraction of sp³-hybridized carbons (Fsp3) is 0.455. The van der Waals surface area contributed by atoms with E-state index in [-0.39, 0.29) is 6.04 Å². The molecule has 0 saturated carbocycles. The Morgan fingerprint density at radius 1 is 1.13 bits per heavy atom. The van der Waals surface area contributed by atoms with Gasteiger partial charge in [0.25, 0.3) is 0 Å². The highest BCUT2D eigenvalue weighted by molar-refractivity contribution is 5.88. The van der Waals surface area contributed by atoms with Crippen LogP contribution in [0.5, 0.6) is 0 Å². The molecule has 5 heterocycles. The van der Waals surface area contributed by atoms with Crippen LogP contribution in [-0.2, 0) is 18.2 Å². The summed E-state index contributed by atoms with van der Waals surface area (Å²) in [6.45, 7) is 5.83. The van der Waals surface area contributed by atoms with E-state index in [4.69, 9.17) is 14.7 Å². The number of anilines is 1. The zero-order chi connectivity index (χ0) is 21.4. The van der Waals surface area contributed by atoms with E-state index in [2.05, 4.69) is 44.8 Å². The van der Waals surface area contributed by atoms with Gasteiger partial charge in [0.1, 0.15) is 11.3 Å². The normalized spacial score (nSPS) is 15.2. The lowest BCUT2D eigenvalue weighted by Gasteiger charge is -2.22. The van der Waals surface area contributed by atoms with Crippen LogP contribution in [0.25, 0.3) is 16.7 Å². The number of hydrogen-bond acceptors (Lipinski definition) is 6. The molecule has 0 unspecified atom stereocenters. The molecule has 0 atom stereocenters. The summed E-state index contributed by atoms with van der Waals surface area (Å²) in [5.74, 6) is 1.62. The number of hydrogen-bond donors (Lipinski definition) is 1. The Kier molecular flexibility index (Phi) is 5.19. The van der Waals surface area contributed by atoms with Gasteiger partial charge in [-0.2, -0.15) is 10.2 Å². The number of aromatic nitrogens is 7. The van der Waals surface area contributed by atoms with Crippen LogP contribution in [0.3, 0.4) is 0 Å². The molecule has 162 valence electrons. The van der Waals surface area contributed by atoms with Crippen molar-refractivity contribution in [3.05, 3.63) is 48.4 Å². The summed E-state index contributed by atoms with van der Waals surface area (Å²) < 4.78 is 11.4. The summed E-state index contributed by atoms with van der Waals surface area (Å²) >= 11 is 0. The second-order valence-corrected chi connectivity index (χ2v) is 8.43. The summed E-state index contributed by atoms with van der Waals surface area (Å²) in [6, 6.07) is 2.70. The number of ether oxygens (including phenoxy) is 1. The summed E-state index contributed by atoms with van der Waals surface area (Å²) in [4.78, 5) is 9.75. The van der Waals surface area contributed by atoms with Crippen molar-refractivity contribution in [1.82, 2.24) is 34.1 Å². The van der Waals surface area contributed by atoms with Crippen LogP contribution in [0.15, 0.2) is 37.1 Å². The molecular formula is C22H28N8O. The maximum Gasteiger partial charge on any atom is 0.154 e. The maximum atomic E-state index is 5.47. The van der Waals surface area contributed by atoms with Gasteiger partial charge in [0.2, 0.25) is 0 Å². The quantitative estimate of drug-likeness (QED) is 0.516. The topological polar surface area (TPSA) is 87.6 Å². The molecule has 5 rings (SSSR count). The Balaban J connectivity index is 1.47. The average molecular weight is 421 g/mol. The monoisotopic (exact) mass is 420 g/mol. The Morgan fingerprint density at radius 3 is 2.71 bits per heavy atom. The fourth-order valence-corrected chi connectivity index (χ4v) is 4.10. The van der Waals surface area contributed by atoms with Crippen molar-refractivity contribution in [1.29, 1.82) is 0 Å². The fourth-order valence-electron chi connectivity index (χ4n) is 4.10. The van der Waals surface area contributed by atoms with E-state index >= 15 is 0 Å². The zero-order valence-electron chi connectivity index (χ0n) is 18.2. The molecule has 0 aromatic carbocycles. The molecule has 0 amide bonds. The second-order valence-electron chi connectivity index (χ2n) is 8.43. The third-order valence-electron chi connectivity index (χ3n) is 5.56. The van der Waals surface area contributed by atoms with Gasteiger partial charge in [-0.15, -0.1) is 0 Å². The van der Waals surface area contributed by atoms with Crippen LogP contribution in [0.2, 0.25) is 0 Å². The lowest BCUT2D eigenvalue weighted by molar-refractivity contribution is 0.0662. The summed E-state index contributed by atoms with van der Waals surface area (Å²) in [5, 5.41) is 12.4. The van der Waals surface area contributed by atoms with Crippen LogP contribution in [-0.4, -0.2) is 53.4 Å². The maximum absolute atomic E-state index is 5.47. The highest BCUT2D eigenvalue weighted by Gasteiger charge is 2.18. The number of rotatable bonds is 6. The van der Waals surface area contributed by atoms with Crippen molar-refractivity contribution in [2.24, 2.45) is 7.05 Å². The smallest absolute Gasteiger partial charge is 0.154 e. The highest BCUT2D eigenvalue weighted by Crippen LogP contribution is 2.27. The van der Waals surface area contributed by atoms with Crippen LogP contribution in [0, 0.1) is 0 Å². The third-order valence-corrected chi connectivity index (χ3v) is 5.56. The van der Waals surface area contributed by atoms with Crippen LogP contribution in [0.4, 0.5) is 5.82 Å². The first-order chi connectivity index (χ1) is 15.1. The summed E-state index contributed by atoms with van der Waals surface area (Å²) in [6.07, 6.45) is 12.6. The molecule has 31 heavy (non-hydrogen) atoms. The molecule has 0 spiro atoms. The molecular weight excluding hydrogens is 392 g/mol. The molecule has 1 N–H and O–H groups in total. The number of nitrogens with zero attached hydrogens (tertiary/aromatic N) is 7. The minimum Gasteiger partial charge on any atom is -0.381 e. The number of nitrogens with one attached hydrogen (secondary N) is 1. The van der Waals surface area contributed by atoms with E-state index in [1.54, 1.807) is 4.68 Å². The SMILES string of the molecule is CC(C)Nc1nc(Cc2cnn(C3CCOCC3)c2)nc2ccn(-c3cnn(C)c3)c12. The van der Waals surface area contributed by atoms with Crippen LogP contribution < -0.4 is 5.32 Å². The van der Waals surface area contributed by atoms with Gasteiger partial charge < -0.3 is 14.6 Å². The Labute approximate surface area is 181 Å². The zero-order valence-corrected chi connectivity index (χ0v) is 18.2. The molecule has 4 aromatic rings. The summed E-state index contributed by atoms with van der Waals surface area (Å²) in [5.41, 5.74) is 3.98. The third kappa shape index (κ3) is 4.05. The van der Waals surface area contributed by atoms with Gasteiger partial charge in [0, 0.05) is 51.3 Å². The second kappa shape index (κ2) is 8.14. The van der Waals surface area contributed by atoms with Gasteiger partial charge >= 0.3 is 0 Å². The predicted octanol–water partition coefficient (Wildman–Crippen LogP) is 3.11. The van der Waals surface area contributed by atoms with E-state index in [9.17, 15) is 0 Å². The molecule has 0 aliphatic carbocycles. The van der Waals surface area contributed by atoms with Gasteiger partial charge in [-0.05, 0) is 38.3 Å². The number of fused-ring (bicyclic) bond motifs is 1. The van der Waals surface area contributed by atoms with E-state index < -0.39 is 0 Å². The van der Waals surface area contributed by atoms with Crippen molar-refractivity contribution in [3.8, 4) is 5.69 Å². The molecule has 4 aromatic heterocycles. The molecule has 0 bridgehead atoms. The molecule has 1 saturated heterocycles. The van der Waals surface area contributed by atoms with Gasteiger partial charge in [0.05, 0.1) is 29.6 Å². The minimum atomic E-state index is 0.250. The van der Waals surface area contributed by atoms with Crippen LogP contribution >= 0.6 is 0 Å². The molecule has 9 nitrogen and oxygen atoms in total. The van der Waals surface area contributed by atoms with E-state index in [0.29, 0.717) is 12.5 Å². The minimum absolute atomic E-state index is 0.250. The molecule has 9 heteroatoms. The average Bonchev–Trinajstić information content (AvgIpc) is 3.48. The predicted molar refractivity (Wildman–Crippen MR) is 119 cm³/mol. The lowest BCUT2D eigenvalue weighted by Crippen LogP contribution is -2.19. The van der Waals surface area contributed by atoms with Crippen molar-refractivity contribution in [3.63, 3.8) is 0 Å². The molecule has 1 fully saturated rings.